The Hall–Kier alpha value is -2.89. The first-order chi connectivity index (χ1) is 12.0. The third kappa shape index (κ3) is 3.63. The van der Waals surface area contributed by atoms with E-state index in [4.69, 9.17) is 9.15 Å². The summed E-state index contributed by atoms with van der Waals surface area (Å²) in [5.41, 5.74) is 3.34. The molecule has 1 aromatic carbocycles. The highest BCUT2D eigenvalue weighted by molar-refractivity contribution is 5.92. The molecule has 0 aliphatic rings. The van der Waals surface area contributed by atoms with Gasteiger partial charge in [-0.15, -0.1) is 0 Å². The maximum absolute atomic E-state index is 12.1. The molecule has 3 aromatic rings. The van der Waals surface area contributed by atoms with E-state index in [1.54, 1.807) is 0 Å². The lowest BCUT2D eigenvalue weighted by Crippen LogP contribution is -2.20. The summed E-state index contributed by atoms with van der Waals surface area (Å²) < 4.78 is 11.1. The molecule has 0 spiro atoms. The Kier molecular flexibility index (Phi) is 4.70. The molecule has 0 radical (unpaired) electrons. The number of amides is 1. The van der Waals surface area contributed by atoms with E-state index in [2.05, 4.69) is 29.1 Å². The highest BCUT2D eigenvalue weighted by Gasteiger charge is 2.15. The van der Waals surface area contributed by atoms with Gasteiger partial charge < -0.3 is 14.5 Å². The number of benzene rings is 1. The number of nitrogens with zero attached hydrogens (tertiary/aromatic N) is 2. The number of furan rings is 1. The SMILES string of the molecule is Cc1oc2ncnc(OCC(=O)Nc3ccc(C(C)C)cc3)c2c1C. The second-order valence-electron chi connectivity index (χ2n) is 6.26. The summed E-state index contributed by atoms with van der Waals surface area (Å²) >= 11 is 0. The summed E-state index contributed by atoms with van der Waals surface area (Å²) in [6.45, 7) is 7.89. The van der Waals surface area contributed by atoms with Gasteiger partial charge in [-0.2, -0.15) is 0 Å². The van der Waals surface area contributed by atoms with Crippen LogP contribution in [0.2, 0.25) is 0 Å². The van der Waals surface area contributed by atoms with Gasteiger partial charge >= 0.3 is 0 Å². The average molecular weight is 339 g/mol. The zero-order valence-electron chi connectivity index (χ0n) is 14.8. The summed E-state index contributed by atoms with van der Waals surface area (Å²) in [7, 11) is 0. The summed E-state index contributed by atoms with van der Waals surface area (Å²) in [5, 5.41) is 3.52. The Labute approximate surface area is 146 Å². The molecular weight excluding hydrogens is 318 g/mol. The number of aryl methyl sites for hydroxylation is 2. The third-order valence-corrected chi connectivity index (χ3v) is 4.13. The van der Waals surface area contributed by atoms with Crippen LogP contribution < -0.4 is 10.1 Å². The highest BCUT2D eigenvalue weighted by Crippen LogP contribution is 2.29. The topological polar surface area (TPSA) is 77.2 Å². The van der Waals surface area contributed by atoms with E-state index in [0.29, 0.717) is 22.9 Å². The summed E-state index contributed by atoms with van der Waals surface area (Å²) in [6.07, 6.45) is 1.36. The van der Waals surface area contributed by atoms with E-state index < -0.39 is 0 Å². The van der Waals surface area contributed by atoms with E-state index in [1.165, 1.54) is 11.9 Å². The van der Waals surface area contributed by atoms with E-state index in [-0.39, 0.29) is 12.5 Å². The number of ether oxygens (including phenoxy) is 1. The highest BCUT2D eigenvalue weighted by atomic mass is 16.5. The minimum Gasteiger partial charge on any atom is -0.467 e. The van der Waals surface area contributed by atoms with Crippen LogP contribution in [0, 0.1) is 13.8 Å². The van der Waals surface area contributed by atoms with Crippen molar-refractivity contribution < 1.29 is 13.9 Å². The Morgan fingerprint density at radius 2 is 1.92 bits per heavy atom. The first-order valence-corrected chi connectivity index (χ1v) is 8.19. The van der Waals surface area contributed by atoms with Gasteiger partial charge in [0.1, 0.15) is 17.5 Å². The van der Waals surface area contributed by atoms with Gasteiger partial charge in [0.05, 0.1) is 0 Å². The second-order valence-corrected chi connectivity index (χ2v) is 6.26. The number of carbonyl (C=O) groups excluding carboxylic acids is 1. The number of nitrogens with one attached hydrogen (secondary N) is 1. The largest absolute Gasteiger partial charge is 0.467 e. The standard InChI is InChI=1S/C19H21N3O3/c1-11(2)14-5-7-15(8-6-14)22-16(23)9-24-18-17-12(3)13(4)25-19(17)21-10-20-18/h5-8,10-11H,9H2,1-4H3,(H,22,23). The minimum absolute atomic E-state index is 0.137. The molecule has 0 unspecified atom stereocenters. The van der Waals surface area contributed by atoms with Crippen molar-refractivity contribution in [2.45, 2.75) is 33.6 Å². The van der Waals surface area contributed by atoms with Crippen molar-refractivity contribution in [2.24, 2.45) is 0 Å². The molecule has 130 valence electrons. The van der Waals surface area contributed by atoms with E-state index in [9.17, 15) is 4.79 Å². The second kappa shape index (κ2) is 6.93. The van der Waals surface area contributed by atoms with E-state index in [0.717, 1.165) is 17.0 Å². The maximum atomic E-state index is 12.1. The molecular formula is C19H21N3O3. The quantitative estimate of drug-likeness (QED) is 0.761. The third-order valence-electron chi connectivity index (χ3n) is 4.13. The van der Waals surface area contributed by atoms with Crippen LogP contribution in [0.4, 0.5) is 5.69 Å². The molecule has 0 atom stereocenters. The van der Waals surface area contributed by atoms with Gasteiger partial charge in [-0.1, -0.05) is 26.0 Å². The normalized spacial score (nSPS) is 11.1. The van der Waals surface area contributed by atoms with Crippen LogP contribution in [-0.4, -0.2) is 22.5 Å². The Bertz CT molecular complexity index is 898. The molecule has 6 heteroatoms. The van der Waals surface area contributed by atoms with Crippen LogP contribution >= 0.6 is 0 Å². The Morgan fingerprint density at radius 1 is 1.20 bits per heavy atom. The molecule has 25 heavy (non-hydrogen) atoms. The molecule has 2 heterocycles. The fraction of sp³-hybridized carbons (Fsp3) is 0.316. The van der Waals surface area contributed by atoms with E-state index in [1.807, 2.05) is 38.1 Å². The molecule has 0 fully saturated rings. The van der Waals surface area contributed by atoms with Crippen molar-refractivity contribution in [3.05, 3.63) is 47.5 Å². The van der Waals surface area contributed by atoms with Crippen LogP contribution in [0.15, 0.2) is 35.0 Å². The number of hydrogen-bond donors (Lipinski definition) is 1. The molecule has 6 nitrogen and oxygen atoms in total. The fourth-order valence-corrected chi connectivity index (χ4v) is 2.54. The van der Waals surface area contributed by atoms with Crippen molar-refractivity contribution >= 4 is 22.7 Å². The Balaban J connectivity index is 1.66. The van der Waals surface area contributed by atoms with Gasteiger partial charge in [-0.25, -0.2) is 9.97 Å². The molecule has 0 saturated heterocycles. The summed E-state index contributed by atoms with van der Waals surface area (Å²) in [6, 6.07) is 7.79. The lowest BCUT2D eigenvalue weighted by molar-refractivity contribution is -0.118. The monoisotopic (exact) mass is 339 g/mol. The molecule has 1 N–H and O–H groups in total. The molecule has 2 aromatic heterocycles. The van der Waals surface area contributed by atoms with Gasteiger partial charge in [-0.05, 0) is 37.5 Å². The Morgan fingerprint density at radius 3 is 2.60 bits per heavy atom. The van der Waals surface area contributed by atoms with Crippen LogP contribution in [0.1, 0.15) is 36.7 Å². The fourth-order valence-electron chi connectivity index (χ4n) is 2.54. The smallest absolute Gasteiger partial charge is 0.262 e. The number of carbonyl (C=O) groups is 1. The van der Waals surface area contributed by atoms with Crippen LogP contribution in [0.5, 0.6) is 5.88 Å². The zero-order valence-corrected chi connectivity index (χ0v) is 14.8. The first-order valence-electron chi connectivity index (χ1n) is 8.19. The molecule has 1 amide bonds. The first kappa shape index (κ1) is 17.0. The number of anilines is 1. The average Bonchev–Trinajstić information content (AvgIpc) is 2.88. The lowest BCUT2D eigenvalue weighted by Gasteiger charge is -2.09. The number of rotatable bonds is 5. The van der Waals surface area contributed by atoms with Gasteiger partial charge in [0.2, 0.25) is 11.6 Å². The van der Waals surface area contributed by atoms with Crippen molar-refractivity contribution in [1.29, 1.82) is 0 Å². The van der Waals surface area contributed by atoms with E-state index >= 15 is 0 Å². The molecule has 0 aliphatic heterocycles. The molecule has 3 rings (SSSR count). The predicted octanol–water partition coefficient (Wildman–Crippen LogP) is 3.98. The number of fused-ring (bicyclic) bond motifs is 1. The predicted molar refractivity (Wildman–Crippen MR) is 95.9 cm³/mol. The van der Waals surface area contributed by atoms with Crippen molar-refractivity contribution in [3.8, 4) is 5.88 Å². The minimum atomic E-state index is -0.248. The van der Waals surface area contributed by atoms with Crippen molar-refractivity contribution in [2.75, 3.05) is 11.9 Å². The van der Waals surface area contributed by atoms with Gasteiger partial charge in [0.25, 0.3) is 5.91 Å². The summed E-state index contributed by atoms with van der Waals surface area (Å²) in [4.78, 5) is 20.3. The van der Waals surface area contributed by atoms with Crippen molar-refractivity contribution in [3.63, 3.8) is 0 Å². The lowest BCUT2D eigenvalue weighted by atomic mass is 10.0. The van der Waals surface area contributed by atoms with Gasteiger partial charge in [0.15, 0.2) is 6.61 Å². The van der Waals surface area contributed by atoms with Crippen LogP contribution in [0.3, 0.4) is 0 Å². The zero-order chi connectivity index (χ0) is 18.0. The molecule has 0 aliphatic carbocycles. The van der Waals surface area contributed by atoms with Gasteiger partial charge in [0, 0.05) is 11.3 Å². The van der Waals surface area contributed by atoms with Crippen LogP contribution in [0.25, 0.3) is 11.1 Å². The maximum Gasteiger partial charge on any atom is 0.262 e. The molecule has 0 saturated carbocycles. The molecule has 0 bridgehead atoms. The van der Waals surface area contributed by atoms with Crippen molar-refractivity contribution in [1.82, 2.24) is 9.97 Å². The number of aromatic nitrogens is 2. The van der Waals surface area contributed by atoms with Gasteiger partial charge in [-0.3, -0.25) is 4.79 Å². The van der Waals surface area contributed by atoms with Crippen LogP contribution in [-0.2, 0) is 4.79 Å². The number of hydrogen-bond acceptors (Lipinski definition) is 5. The summed E-state index contributed by atoms with van der Waals surface area (Å²) in [5.74, 6) is 1.32.